The number of methoxy groups -OCH3 is 1. The number of rotatable bonds is 8. The summed E-state index contributed by atoms with van der Waals surface area (Å²) in [6.07, 6.45) is 1.48. The normalized spacial score (nSPS) is 10.6. The second-order valence-corrected chi connectivity index (χ2v) is 7.65. The number of carbonyl (C=O) groups is 2. The molecular weight excluding hydrogens is 474 g/mol. The van der Waals surface area contributed by atoms with E-state index in [1.165, 1.54) is 13.3 Å². The number of hydrogen-bond donors (Lipinski definition) is 2. The fourth-order valence-corrected chi connectivity index (χ4v) is 3.23. The van der Waals surface area contributed by atoms with Crippen LogP contribution in [0, 0.1) is 6.92 Å². The lowest BCUT2D eigenvalue weighted by molar-refractivity contribution is -0.119. The summed E-state index contributed by atoms with van der Waals surface area (Å²) in [6, 6.07) is 19.7. The molecule has 3 aromatic carbocycles. The van der Waals surface area contributed by atoms with Crippen molar-refractivity contribution in [3.05, 3.63) is 87.9 Å². The lowest BCUT2D eigenvalue weighted by Crippen LogP contribution is -2.25. The summed E-state index contributed by atoms with van der Waals surface area (Å²) in [5.41, 5.74) is 5.50. The van der Waals surface area contributed by atoms with Crippen LogP contribution < -0.4 is 20.2 Å². The Balaban J connectivity index is 1.58. The third-order valence-corrected chi connectivity index (χ3v) is 5.05. The second-order valence-electron chi connectivity index (χ2n) is 6.80. The molecule has 32 heavy (non-hydrogen) atoms. The number of halogens is 1. The summed E-state index contributed by atoms with van der Waals surface area (Å²) in [6.45, 7) is 2.07. The van der Waals surface area contributed by atoms with Crippen molar-refractivity contribution < 1.29 is 19.1 Å². The van der Waals surface area contributed by atoms with Gasteiger partial charge in [-0.1, -0.05) is 24.3 Å². The number of amides is 1. The Kier molecular flexibility index (Phi) is 7.99. The van der Waals surface area contributed by atoms with Gasteiger partial charge in [-0.3, -0.25) is 4.79 Å². The molecule has 0 saturated heterocycles. The Morgan fingerprint density at radius 2 is 1.84 bits per heavy atom. The van der Waals surface area contributed by atoms with Crippen LogP contribution in [-0.4, -0.2) is 31.7 Å². The molecule has 0 aliphatic rings. The summed E-state index contributed by atoms with van der Waals surface area (Å²) in [5, 5.41) is 7.00. The maximum Gasteiger partial charge on any atom is 0.344 e. The molecule has 0 spiro atoms. The SMILES string of the molecule is COc1cc(/C=N\NC(=O)CNc2cccc(C)c2)ccc1OC(=O)c1ccccc1Br. The molecule has 0 aromatic heterocycles. The van der Waals surface area contributed by atoms with E-state index in [2.05, 4.69) is 31.8 Å². The van der Waals surface area contributed by atoms with Gasteiger partial charge in [-0.2, -0.15) is 5.10 Å². The average Bonchev–Trinajstić information content (AvgIpc) is 2.79. The zero-order valence-corrected chi connectivity index (χ0v) is 19.2. The fraction of sp³-hybridized carbons (Fsp3) is 0.125. The van der Waals surface area contributed by atoms with E-state index in [-0.39, 0.29) is 18.2 Å². The Morgan fingerprint density at radius 3 is 2.59 bits per heavy atom. The number of esters is 1. The minimum Gasteiger partial charge on any atom is -0.493 e. The first-order chi connectivity index (χ1) is 15.5. The van der Waals surface area contributed by atoms with Crippen LogP contribution in [0.25, 0.3) is 0 Å². The van der Waals surface area contributed by atoms with Gasteiger partial charge in [0.05, 0.1) is 25.4 Å². The molecule has 0 saturated carbocycles. The molecule has 3 aromatic rings. The predicted molar refractivity (Wildman–Crippen MR) is 127 cm³/mol. The molecular formula is C24H22BrN3O4. The predicted octanol–water partition coefficient (Wildman–Crippen LogP) is 4.55. The second kappa shape index (κ2) is 11.1. The Bertz CT molecular complexity index is 1150. The van der Waals surface area contributed by atoms with Crippen molar-refractivity contribution in [2.45, 2.75) is 6.92 Å². The Morgan fingerprint density at radius 1 is 1.03 bits per heavy atom. The number of nitrogens with zero attached hydrogens (tertiary/aromatic N) is 1. The first kappa shape index (κ1) is 23.0. The van der Waals surface area contributed by atoms with E-state index in [1.54, 1.807) is 36.4 Å². The van der Waals surface area contributed by atoms with E-state index in [0.29, 0.717) is 21.3 Å². The van der Waals surface area contributed by atoms with Gasteiger partial charge in [-0.05, 0) is 76.4 Å². The molecule has 0 aliphatic carbocycles. The fourth-order valence-electron chi connectivity index (χ4n) is 2.79. The first-order valence-corrected chi connectivity index (χ1v) is 10.5. The highest BCUT2D eigenvalue weighted by atomic mass is 79.9. The number of nitrogens with one attached hydrogen (secondary N) is 2. The van der Waals surface area contributed by atoms with Crippen molar-refractivity contribution in [3.8, 4) is 11.5 Å². The average molecular weight is 496 g/mol. The van der Waals surface area contributed by atoms with Crippen LogP contribution in [0.5, 0.6) is 11.5 Å². The molecule has 0 radical (unpaired) electrons. The van der Waals surface area contributed by atoms with Crippen LogP contribution in [0.3, 0.4) is 0 Å². The third-order valence-electron chi connectivity index (χ3n) is 4.36. The monoisotopic (exact) mass is 495 g/mol. The van der Waals surface area contributed by atoms with Crippen molar-refractivity contribution in [2.24, 2.45) is 5.10 Å². The first-order valence-electron chi connectivity index (χ1n) is 9.73. The zero-order valence-electron chi connectivity index (χ0n) is 17.6. The molecule has 0 fully saturated rings. The maximum atomic E-state index is 12.4. The topological polar surface area (TPSA) is 89.0 Å². The zero-order chi connectivity index (χ0) is 22.9. The molecule has 0 heterocycles. The smallest absolute Gasteiger partial charge is 0.344 e. The van der Waals surface area contributed by atoms with Crippen LogP contribution in [-0.2, 0) is 4.79 Å². The summed E-state index contributed by atoms with van der Waals surface area (Å²) in [4.78, 5) is 24.4. The highest BCUT2D eigenvalue weighted by Gasteiger charge is 2.15. The van der Waals surface area contributed by atoms with E-state index < -0.39 is 5.97 Å². The van der Waals surface area contributed by atoms with Crippen molar-refractivity contribution in [1.82, 2.24) is 5.43 Å². The molecule has 2 N–H and O–H groups in total. The molecule has 0 atom stereocenters. The lowest BCUT2D eigenvalue weighted by atomic mass is 10.2. The van der Waals surface area contributed by atoms with Gasteiger partial charge in [0.2, 0.25) is 0 Å². The molecule has 8 heteroatoms. The van der Waals surface area contributed by atoms with Crippen LogP contribution in [0.15, 0.2) is 76.3 Å². The number of benzene rings is 3. The number of hydrazone groups is 1. The number of hydrogen-bond acceptors (Lipinski definition) is 6. The number of aryl methyl sites for hydroxylation is 1. The summed E-state index contributed by atoms with van der Waals surface area (Å²) in [7, 11) is 1.48. The highest BCUT2D eigenvalue weighted by Crippen LogP contribution is 2.29. The minimum absolute atomic E-state index is 0.0913. The molecule has 1 amide bonds. The van der Waals surface area contributed by atoms with Crippen LogP contribution in [0.1, 0.15) is 21.5 Å². The van der Waals surface area contributed by atoms with E-state index in [0.717, 1.165) is 11.3 Å². The van der Waals surface area contributed by atoms with Crippen molar-refractivity contribution in [3.63, 3.8) is 0 Å². The standard InChI is InChI=1S/C24H22BrN3O4/c1-16-6-5-7-18(12-16)26-15-23(29)28-27-14-17-10-11-21(22(13-17)31-2)32-24(30)19-8-3-4-9-20(19)25/h3-14,26H,15H2,1-2H3,(H,28,29)/b27-14-. The molecule has 3 rings (SSSR count). The van der Waals surface area contributed by atoms with Gasteiger partial charge in [0.25, 0.3) is 5.91 Å². The molecule has 7 nitrogen and oxygen atoms in total. The molecule has 0 unspecified atom stereocenters. The van der Waals surface area contributed by atoms with Crippen LogP contribution in [0.2, 0.25) is 0 Å². The molecule has 0 bridgehead atoms. The number of ether oxygens (including phenoxy) is 2. The molecule has 164 valence electrons. The molecule has 0 aliphatic heterocycles. The van der Waals surface area contributed by atoms with Crippen molar-refractivity contribution in [2.75, 3.05) is 19.0 Å². The Hall–Kier alpha value is -3.65. The highest BCUT2D eigenvalue weighted by molar-refractivity contribution is 9.10. The van der Waals surface area contributed by atoms with Gasteiger partial charge < -0.3 is 14.8 Å². The van der Waals surface area contributed by atoms with E-state index in [4.69, 9.17) is 9.47 Å². The van der Waals surface area contributed by atoms with Crippen LogP contribution in [0.4, 0.5) is 5.69 Å². The summed E-state index contributed by atoms with van der Waals surface area (Å²) in [5.74, 6) is -0.155. The van der Waals surface area contributed by atoms with E-state index in [9.17, 15) is 9.59 Å². The van der Waals surface area contributed by atoms with Crippen molar-refractivity contribution >= 4 is 39.7 Å². The van der Waals surface area contributed by atoms with Gasteiger partial charge in [-0.25, -0.2) is 10.2 Å². The van der Waals surface area contributed by atoms with E-state index in [1.807, 2.05) is 37.3 Å². The van der Waals surface area contributed by atoms with Gasteiger partial charge >= 0.3 is 5.97 Å². The number of carbonyl (C=O) groups excluding carboxylic acids is 2. The van der Waals surface area contributed by atoms with Gasteiger partial charge in [0.1, 0.15) is 0 Å². The van der Waals surface area contributed by atoms with E-state index >= 15 is 0 Å². The van der Waals surface area contributed by atoms with Gasteiger partial charge in [0, 0.05) is 10.2 Å². The minimum atomic E-state index is -0.509. The van der Waals surface area contributed by atoms with Crippen LogP contribution >= 0.6 is 15.9 Å². The largest absolute Gasteiger partial charge is 0.493 e. The number of anilines is 1. The summed E-state index contributed by atoms with van der Waals surface area (Å²) < 4.78 is 11.4. The quantitative estimate of drug-likeness (QED) is 0.207. The van der Waals surface area contributed by atoms with Gasteiger partial charge in [-0.15, -0.1) is 0 Å². The van der Waals surface area contributed by atoms with Gasteiger partial charge in [0.15, 0.2) is 11.5 Å². The Labute approximate surface area is 194 Å². The third kappa shape index (κ3) is 6.42. The van der Waals surface area contributed by atoms with Crippen molar-refractivity contribution in [1.29, 1.82) is 0 Å². The lowest BCUT2D eigenvalue weighted by Gasteiger charge is -2.10. The maximum absolute atomic E-state index is 12.4. The summed E-state index contributed by atoms with van der Waals surface area (Å²) >= 11 is 3.34.